The first-order chi connectivity index (χ1) is 7.81. The van der Waals surface area contributed by atoms with Crippen LogP contribution in [0.15, 0.2) is 17.9 Å². The molecule has 0 atom stereocenters. The van der Waals surface area contributed by atoms with Crippen molar-refractivity contribution in [3.05, 3.63) is 28.1 Å². The molecular weight excluding hydrogens is 248 g/mol. The summed E-state index contributed by atoms with van der Waals surface area (Å²) in [6.07, 6.45) is 3.14. The third-order valence-corrected chi connectivity index (χ3v) is 2.90. The summed E-state index contributed by atoms with van der Waals surface area (Å²) in [6, 6.07) is 0. The maximum absolute atomic E-state index is 5.86. The lowest BCUT2D eigenvalue weighted by molar-refractivity contribution is 0.413. The molecule has 0 saturated heterocycles. The second-order valence-electron chi connectivity index (χ2n) is 2.83. The smallest absolute Gasteiger partial charge is 0.198 e. The average Bonchev–Trinajstić information content (AvgIpc) is 2.79. The van der Waals surface area contributed by atoms with Gasteiger partial charge in [0.25, 0.3) is 0 Å². The van der Waals surface area contributed by atoms with Gasteiger partial charge < -0.3 is 10.1 Å². The summed E-state index contributed by atoms with van der Waals surface area (Å²) in [4.78, 5) is 12.0. The van der Waals surface area contributed by atoms with E-state index < -0.39 is 0 Å². The van der Waals surface area contributed by atoms with Gasteiger partial charge in [0.1, 0.15) is 11.3 Å². The van der Waals surface area contributed by atoms with Crippen molar-refractivity contribution in [2.45, 2.75) is 6.54 Å². The minimum Gasteiger partial charge on any atom is -0.490 e. The van der Waals surface area contributed by atoms with Gasteiger partial charge in [0.05, 0.1) is 13.7 Å². The first-order valence-corrected chi connectivity index (χ1v) is 5.73. The molecule has 16 heavy (non-hydrogen) atoms. The number of rotatable bonds is 4. The Hall–Kier alpha value is -1.40. The van der Waals surface area contributed by atoms with Gasteiger partial charge in [-0.1, -0.05) is 11.6 Å². The van der Waals surface area contributed by atoms with Crippen LogP contribution in [0.3, 0.4) is 0 Å². The van der Waals surface area contributed by atoms with Crippen molar-refractivity contribution in [1.29, 1.82) is 0 Å². The highest BCUT2D eigenvalue weighted by Gasteiger charge is 2.09. The maximum Gasteiger partial charge on any atom is 0.198 e. The number of aromatic nitrogens is 3. The number of hydrogen-bond donors (Lipinski definition) is 1. The van der Waals surface area contributed by atoms with Crippen LogP contribution in [-0.2, 0) is 6.54 Å². The molecule has 5 nitrogen and oxygen atoms in total. The summed E-state index contributed by atoms with van der Waals surface area (Å²) in [5, 5.41) is 6.27. The Labute approximate surface area is 101 Å². The molecular formula is C9H9ClN4OS. The Bertz CT molecular complexity index is 463. The Morgan fingerprint density at radius 2 is 2.31 bits per heavy atom. The molecule has 2 heterocycles. The summed E-state index contributed by atoms with van der Waals surface area (Å²) in [5.41, 5.74) is 0. The van der Waals surface area contributed by atoms with Crippen molar-refractivity contribution in [2.24, 2.45) is 0 Å². The SMILES string of the molecule is COc1c(Cl)ncnc1NCc1nccs1. The number of nitrogens with one attached hydrogen (secondary N) is 1. The lowest BCUT2D eigenvalue weighted by atomic mass is 10.5. The van der Waals surface area contributed by atoms with Crippen molar-refractivity contribution in [2.75, 3.05) is 12.4 Å². The van der Waals surface area contributed by atoms with E-state index >= 15 is 0 Å². The fraction of sp³-hybridized carbons (Fsp3) is 0.222. The predicted molar refractivity (Wildman–Crippen MR) is 63.0 cm³/mol. The van der Waals surface area contributed by atoms with Crippen molar-refractivity contribution in [3.63, 3.8) is 0 Å². The summed E-state index contributed by atoms with van der Waals surface area (Å²) >= 11 is 7.43. The molecule has 1 N–H and O–H groups in total. The minimum atomic E-state index is 0.291. The van der Waals surface area contributed by atoms with E-state index in [1.54, 1.807) is 17.5 Å². The highest BCUT2D eigenvalue weighted by molar-refractivity contribution is 7.09. The maximum atomic E-state index is 5.86. The molecule has 2 rings (SSSR count). The van der Waals surface area contributed by atoms with Crippen LogP contribution >= 0.6 is 22.9 Å². The number of halogens is 1. The van der Waals surface area contributed by atoms with Gasteiger partial charge in [-0.15, -0.1) is 11.3 Å². The Balaban J connectivity index is 2.12. The van der Waals surface area contributed by atoms with Crippen LogP contribution in [0.1, 0.15) is 5.01 Å². The standard InChI is InChI=1S/C9H9ClN4OS/c1-15-7-8(10)13-5-14-9(7)12-4-6-11-2-3-16-6/h2-3,5H,4H2,1H3,(H,12,13,14). The van der Waals surface area contributed by atoms with Gasteiger partial charge in [-0.25, -0.2) is 15.0 Å². The van der Waals surface area contributed by atoms with Crippen LogP contribution in [0, 0.1) is 0 Å². The summed E-state index contributed by atoms with van der Waals surface area (Å²) in [7, 11) is 1.53. The molecule has 0 saturated carbocycles. The Morgan fingerprint density at radius 1 is 1.44 bits per heavy atom. The average molecular weight is 257 g/mol. The van der Waals surface area contributed by atoms with Crippen LogP contribution < -0.4 is 10.1 Å². The van der Waals surface area contributed by atoms with E-state index in [-0.39, 0.29) is 0 Å². The molecule has 0 amide bonds. The zero-order valence-corrected chi connectivity index (χ0v) is 10.0. The molecule has 2 aromatic heterocycles. The van der Waals surface area contributed by atoms with Crippen molar-refractivity contribution in [1.82, 2.24) is 15.0 Å². The second kappa shape index (κ2) is 5.09. The van der Waals surface area contributed by atoms with Crippen LogP contribution in [-0.4, -0.2) is 22.1 Å². The molecule has 0 spiro atoms. The van der Waals surface area contributed by atoms with E-state index in [2.05, 4.69) is 20.3 Å². The van der Waals surface area contributed by atoms with E-state index in [9.17, 15) is 0 Å². The molecule has 0 bridgehead atoms. The molecule has 0 radical (unpaired) electrons. The van der Waals surface area contributed by atoms with Crippen LogP contribution in [0.2, 0.25) is 5.15 Å². The number of thiazole rings is 1. The molecule has 0 aliphatic carbocycles. The molecule has 84 valence electrons. The lowest BCUT2D eigenvalue weighted by Gasteiger charge is -2.08. The van der Waals surface area contributed by atoms with Gasteiger partial charge in [-0.05, 0) is 0 Å². The van der Waals surface area contributed by atoms with Crippen LogP contribution in [0.25, 0.3) is 0 Å². The Morgan fingerprint density at radius 3 is 3.00 bits per heavy atom. The highest BCUT2D eigenvalue weighted by atomic mass is 35.5. The lowest BCUT2D eigenvalue weighted by Crippen LogP contribution is -2.04. The normalized spacial score (nSPS) is 10.1. The van der Waals surface area contributed by atoms with Crippen LogP contribution in [0.4, 0.5) is 5.82 Å². The molecule has 0 fully saturated rings. The summed E-state index contributed by atoms with van der Waals surface area (Å²) < 4.78 is 5.11. The largest absolute Gasteiger partial charge is 0.490 e. The first kappa shape index (κ1) is 11.1. The minimum absolute atomic E-state index is 0.291. The van der Waals surface area contributed by atoms with E-state index in [4.69, 9.17) is 16.3 Å². The molecule has 0 unspecified atom stereocenters. The van der Waals surface area contributed by atoms with Gasteiger partial charge in [-0.2, -0.15) is 0 Å². The zero-order valence-electron chi connectivity index (χ0n) is 8.48. The molecule has 0 aromatic carbocycles. The van der Waals surface area contributed by atoms with Crippen LogP contribution in [0.5, 0.6) is 5.75 Å². The summed E-state index contributed by atoms with van der Waals surface area (Å²) in [6.45, 7) is 0.585. The molecule has 2 aromatic rings. The number of ether oxygens (including phenoxy) is 1. The van der Waals surface area contributed by atoms with Crippen molar-refractivity contribution >= 4 is 28.8 Å². The van der Waals surface area contributed by atoms with Gasteiger partial charge >= 0.3 is 0 Å². The molecule has 7 heteroatoms. The number of hydrogen-bond acceptors (Lipinski definition) is 6. The fourth-order valence-corrected chi connectivity index (χ4v) is 1.92. The number of methoxy groups -OCH3 is 1. The van der Waals surface area contributed by atoms with E-state index in [1.807, 2.05) is 5.38 Å². The quantitative estimate of drug-likeness (QED) is 0.850. The molecule has 0 aliphatic heterocycles. The van der Waals surface area contributed by atoms with Gasteiger partial charge in [0, 0.05) is 11.6 Å². The zero-order chi connectivity index (χ0) is 11.4. The second-order valence-corrected chi connectivity index (χ2v) is 4.16. The topological polar surface area (TPSA) is 59.9 Å². The third-order valence-electron chi connectivity index (χ3n) is 1.86. The number of anilines is 1. The Kier molecular flexibility index (Phi) is 3.53. The van der Waals surface area contributed by atoms with Gasteiger partial charge in [0.15, 0.2) is 16.7 Å². The van der Waals surface area contributed by atoms with E-state index in [1.165, 1.54) is 13.4 Å². The fourth-order valence-electron chi connectivity index (χ4n) is 1.16. The predicted octanol–water partition coefficient (Wildman–Crippen LogP) is 2.21. The van der Waals surface area contributed by atoms with Gasteiger partial charge in [-0.3, -0.25) is 0 Å². The molecule has 0 aliphatic rings. The highest BCUT2D eigenvalue weighted by Crippen LogP contribution is 2.28. The number of nitrogens with zero attached hydrogens (tertiary/aromatic N) is 3. The van der Waals surface area contributed by atoms with Crippen molar-refractivity contribution < 1.29 is 4.74 Å². The first-order valence-electron chi connectivity index (χ1n) is 4.48. The monoisotopic (exact) mass is 256 g/mol. The van der Waals surface area contributed by atoms with E-state index in [0.29, 0.717) is 23.3 Å². The summed E-state index contributed by atoms with van der Waals surface area (Å²) in [5.74, 6) is 1.01. The van der Waals surface area contributed by atoms with Gasteiger partial charge in [0.2, 0.25) is 0 Å². The third kappa shape index (κ3) is 2.40. The van der Waals surface area contributed by atoms with Crippen molar-refractivity contribution in [3.8, 4) is 5.75 Å². The van der Waals surface area contributed by atoms with E-state index in [0.717, 1.165) is 5.01 Å².